The van der Waals surface area contributed by atoms with Crippen LogP contribution < -0.4 is 0 Å². The number of rotatable bonds is 52. The van der Waals surface area contributed by atoms with Crippen molar-refractivity contribution in [2.75, 3.05) is 13.2 Å². The van der Waals surface area contributed by atoms with Crippen LogP contribution in [0.2, 0.25) is 0 Å². The fraction of sp³-hybridized carbons (Fsp3) is 0.627. The second-order valence-corrected chi connectivity index (χ2v) is 19.2. The van der Waals surface area contributed by atoms with Crippen LogP contribution in [0.1, 0.15) is 252 Å². The van der Waals surface area contributed by atoms with Crippen LogP contribution in [0.3, 0.4) is 0 Å². The SMILES string of the molecule is CC/C=C\C/C=C\C/C=C\C/C=C\C/C=C\C/C=C\C/C=C\CCCCCC(=O)OCC(COC(=O)CCCCCCC/C=C\CCCC)OC(=O)CCCCCCCC/C=C\C/C=C\C/C=C\CCCCC. The van der Waals surface area contributed by atoms with Gasteiger partial charge in [0.15, 0.2) is 6.10 Å². The van der Waals surface area contributed by atoms with Crippen molar-refractivity contribution in [1.82, 2.24) is 0 Å². The van der Waals surface area contributed by atoms with Gasteiger partial charge in [-0.3, -0.25) is 14.4 Å². The van der Waals surface area contributed by atoms with E-state index >= 15 is 0 Å². The molecule has 0 aromatic rings. The van der Waals surface area contributed by atoms with Crippen molar-refractivity contribution < 1.29 is 28.6 Å². The molecule has 0 saturated heterocycles. The van der Waals surface area contributed by atoms with Gasteiger partial charge in [0.1, 0.15) is 13.2 Å². The molecule has 0 aliphatic heterocycles. The van der Waals surface area contributed by atoms with Gasteiger partial charge >= 0.3 is 17.9 Å². The van der Waals surface area contributed by atoms with Crippen LogP contribution in [0.15, 0.2) is 134 Å². The van der Waals surface area contributed by atoms with Crippen molar-refractivity contribution in [3.8, 4) is 0 Å². The Morgan fingerprint density at radius 2 is 0.548 bits per heavy atom. The lowest BCUT2D eigenvalue weighted by atomic mass is 10.1. The van der Waals surface area contributed by atoms with Crippen molar-refractivity contribution in [3.63, 3.8) is 0 Å². The van der Waals surface area contributed by atoms with Gasteiger partial charge in [0.25, 0.3) is 0 Å². The van der Waals surface area contributed by atoms with Crippen molar-refractivity contribution in [2.24, 2.45) is 0 Å². The van der Waals surface area contributed by atoms with Gasteiger partial charge in [0, 0.05) is 19.3 Å². The zero-order valence-corrected chi connectivity index (χ0v) is 47.1. The normalized spacial score (nSPS) is 13.1. The summed E-state index contributed by atoms with van der Waals surface area (Å²) in [6, 6.07) is 0. The minimum Gasteiger partial charge on any atom is -0.462 e. The number of carbonyl (C=O) groups excluding carboxylic acids is 3. The summed E-state index contributed by atoms with van der Waals surface area (Å²) in [5.41, 5.74) is 0. The molecule has 0 saturated carbocycles. The monoisotopic (exact) mass is 1010 g/mol. The Labute approximate surface area is 449 Å². The van der Waals surface area contributed by atoms with Crippen LogP contribution in [0.25, 0.3) is 0 Å². The molecule has 0 bridgehead atoms. The average Bonchev–Trinajstić information content (AvgIpc) is 3.39. The van der Waals surface area contributed by atoms with E-state index in [-0.39, 0.29) is 31.1 Å². The first-order valence-corrected chi connectivity index (χ1v) is 29.7. The number of hydrogen-bond donors (Lipinski definition) is 0. The predicted octanol–water partition coefficient (Wildman–Crippen LogP) is 20.2. The summed E-state index contributed by atoms with van der Waals surface area (Å²) in [5, 5.41) is 0. The summed E-state index contributed by atoms with van der Waals surface area (Å²) >= 11 is 0. The minimum atomic E-state index is -0.808. The lowest BCUT2D eigenvalue weighted by Crippen LogP contribution is -2.30. The van der Waals surface area contributed by atoms with Crippen LogP contribution in [0, 0.1) is 0 Å². The Hall–Kier alpha value is -4.45. The maximum absolute atomic E-state index is 12.9. The van der Waals surface area contributed by atoms with E-state index in [0.29, 0.717) is 19.3 Å². The van der Waals surface area contributed by atoms with Gasteiger partial charge in [-0.05, 0) is 135 Å². The number of unbranched alkanes of at least 4 members (excludes halogenated alkanes) is 19. The summed E-state index contributed by atoms with van der Waals surface area (Å²) in [6.45, 7) is 6.41. The Balaban J connectivity index is 4.44. The highest BCUT2D eigenvalue weighted by Gasteiger charge is 2.19. The zero-order valence-electron chi connectivity index (χ0n) is 47.1. The third kappa shape index (κ3) is 58.3. The van der Waals surface area contributed by atoms with Crippen molar-refractivity contribution >= 4 is 17.9 Å². The largest absolute Gasteiger partial charge is 0.462 e. The number of allylic oxidation sites excluding steroid dienone is 22. The van der Waals surface area contributed by atoms with E-state index in [1.54, 1.807) is 0 Å². The summed E-state index contributed by atoms with van der Waals surface area (Å²) in [6.07, 6.45) is 84.4. The number of ether oxygens (including phenoxy) is 3. The summed E-state index contributed by atoms with van der Waals surface area (Å²) in [7, 11) is 0. The zero-order chi connectivity index (χ0) is 52.9. The molecule has 0 aromatic heterocycles. The number of hydrogen-bond acceptors (Lipinski definition) is 6. The second kappa shape index (κ2) is 60.1. The third-order valence-corrected chi connectivity index (χ3v) is 12.1. The van der Waals surface area contributed by atoms with E-state index in [1.165, 1.54) is 64.2 Å². The van der Waals surface area contributed by atoms with Crippen LogP contribution >= 0.6 is 0 Å². The molecule has 0 amide bonds. The first kappa shape index (κ1) is 68.6. The Bertz CT molecular complexity index is 1580. The lowest BCUT2D eigenvalue weighted by molar-refractivity contribution is -0.167. The van der Waals surface area contributed by atoms with E-state index in [0.717, 1.165) is 148 Å². The van der Waals surface area contributed by atoms with E-state index in [1.807, 2.05) is 0 Å². The molecule has 0 spiro atoms. The van der Waals surface area contributed by atoms with E-state index in [2.05, 4.69) is 154 Å². The molecule has 1 unspecified atom stereocenters. The molecule has 412 valence electrons. The topological polar surface area (TPSA) is 78.9 Å². The molecule has 1 atom stereocenters. The Morgan fingerprint density at radius 1 is 0.288 bits per heavy atom. The van der Waals surface area contributed by atoms with E-state index < -0.39 is 6.10 Å². The first-order chi connectivity index (χ1) is 36.0. The molecule has 0 aromatic carbocycles. The molecule has 0 radical (unpaired) electrons. The van der Waals surface area contributed by atoms with Gasteiger partial charge < -0.3 is 14.2 Å². The molecule has 6 heteroatoms. The molecule has 73 heavy (non-hydrogen) atoms. The van der Waals surface area contributed by atoms with Crippen LogP contribution in [-0.2, 0) is 28.6 Å². The number of esters is 3. The minimum absolute atomic E-state index is 0.103. The van der Waals surface area contributed by atoms with E-state index in [9.17, 15) is 14.4 Å². The predicted molar refractivity (Wildman–Crippen MR) is 316 cm³/mol. The lowest BCUT2D eigenvalue weighted by Gasteiger charge is -2.18. The first-order valence-electron chi connectivity index (χ1n) is 29.7. The maximum atomic E-state index is 12.9. The van der Waals surface area contributed by atoms with Gasteiger partial charge in [-0.25, -0.2) is 0 Å². The quantitative estimate of drug-likeness (QED) is 0.0261. The molecule has 0 aliphatic carbocycles. The standard InChI is InChI=1S/C67H108O6/c1-4-7-10-13-16-19-22-24-26-28-30-31-32-33-34-35-37-38-40-42-45-48-51-54-57-60-66(69)72-63-64(62-71-65(68)59-56-53-50-47-44-21-18-15-12-9-6-3)73-67(70)61-58-55-52-49-46-43-41-39-36-29-27-25-23-20-17-14-11-8-5-2/h7,10,15-20,24-27,30-31,33-34,36-39,42,45,64H,4-6,8-9,11-14,21-23,28-29,32,35,40-41,43-44,46-63H2,1-3H3/b10-7-,18-15-,19-16-,20-17-,26-24-,27-25-,31-30-,34-33-,38-37-,39-36-,45-42-. The van der Waals surface area contributed by atoms with Crippen LogP contribution in [0.5, 0.6) is 0 Å². The van der Waals surface area contributed by atoms with Crippen molar-refractivity contribution in [1.29, 1.82) is 0 Å². The van der Waals surface area contributed by atoms with E-state index in [4.69, 9.17) is 14.2 Å². The van der Waals surface area contributed by atoms with Crippen LogP contribution in [-0.4, -0.2) is 37.2 Å². The second-order valence-electron chi connectivity index (χ2n) is 19.2. The van der Waals surface area contributed by atoms with Crippen LogP contribution in [0.4, 0.5) is 0 Å². The molecule has 0 fully saturated rings. The fourth-order valence-corrected chi connectivity index (χ4v) is 7.64. The van der Waals surface area contributed by atoms with Gasteiger partial charge in [-0.15, -0.1) is 0 Å². The van der Waals surface area contributed by atoms with Crippen molar-refractivity contribution in [3.05, 3.63) is 134 Å². The summed E-state index contributed by atoms with van der Waals surface area (Å²) < 4.78 is 16.8. The third-order valence-electron chi connectivity index (χ3n) is 12.1. The molecular weight excluding hydrogens is 901 g/mol. The highest BCUT2D eigenvalue weighted by atomic mass is 16.6. The maximum Gasteiger partial charge on any atom is 0.306 e. The highest BCUT2D eigenvalue weighted by molar-refractivity contribution is 5.71. The molecule has 0 aliphatic rings. The molecule has 0 rings (SSSR count). The fourth-order valence-electron chi connectivity index (χ4n) is 7.64. The summed E-state index contributed by atoms with van der Waals surface area (Å²) in [4.78, 5) is 38.2. The van der Waals surface area contributed by atoms with Gasteiger partial charge in [0.2, 0.25) is 0 Å². The smallest absolute Gasteiger partial charge is 0.306 e. The molecule has 0 heterocycles. The average molecular weight is 1010 g/mol. The Morgan fingerprint density at radius 3 is 0.904 bits per heavy atom. The Kier molecular flexibility index (Phi) is 56.4. The van der Waals surface area contributed by atoms with Gasteiger partial charge in [-0.1, -0.05) is 231 Å². The number of carbonyl (C=O) groups is 3. The van der Waals surface area contributed by atoms with Crippen molar-refractivity contribution in [2.45, 2.75) is 258 Å². The molecular formula is C67H108O6. The van der Waals surface area contributed by atoms with Gasteiger partial charge in [-0.2, -0.15) is 0 Å². The molecule has 0 N–H and O–H groups in total. The molecule has 6 nitrogen and oxygen atoms in total. The summed E-state index contributed by atoms with van der Waals surface area (Å²) in [5.74, 6) is -0.962. The highest BCUT2D eigenvalue weighted by Crippen LogP contribution is 2.13. The van der Waals surface area contributed by atoms with Gasteiger partial charge in [0.05, 0.1) is 0 Å².